The van der Waals surface area contributed by atoms with Crippen LogP contribution in [0.15, 0.2) is 24.3 Å². The molecule has 5 rings (SSSR count). The highest BCUT2D eigenvalue weighted by molar-refractivity contribution is 6.62. The first kappa shape index (κ1) is 21.6. The Labute approximate surface area is 187 Å². The van der Waals surface area contributed by atoms with Crippen molar-refractivity contribution in [2.75, 3.05) is 5.32 Å². The Kier molecular flexibility index (Phi) is 4.64. The second-order valence-electron chi connectivity index (χ2n) is 10.5. The van der Waals surface area contributed by atoms with E-state index in [9.17, 15) is 13.6 Å². The maximum absolute atomic E-state index is 14.9. The zero-order valence-electron chi connectivity index (χ0n) is 19.2. The van der Waals surface area contributed by atoms with Gasteiger partial charge in [-0.1, -0.05) is 0 Å². The van der Waals surface area contributed by atoms with Crippen molar-refractivity contribution in [1.29, 1.82) is 0 Å². The van der Waals surface area contributed by atoms with Gasteiger partial charge in [0.2, 0.25) is 0 Å². The molecule has 2 aromatic carbocycles. The number of halogens is 2. The van der Waals surface area contributed by atoms with Crippen molar-refractivity contribution in [2.24, 2.45) is 0 Å². The van der Waals surface area contributed by atoms with Gasteiger partial charge in [-0.3, -0.25) is 4.79 Å². The Morgan fingerprint density at radius 2 is 1.66 bits per heavy atom. The highest BCUT2D eigenvalue weighted by atomic mass is 19.1. The average molecular weight is 439 g/mol. The first-order valence-corrected chi connectivity index (χ1v) is 11.2. The van der Waals surface area contributed by atoms with Crippen LogP contribution < -0.4 is 10.8 Å². The molecule has 32 heavy (non-hydrogen) atoms. The summed E-state index contributed by atoms with van der Waals surface area (Å²) in [5.74, 6) is -1.65. The topological polar surface area (TPSA) is 47.6 Å². The van der Waals surface area contributed by atoms with E-state index in [-0.39, 0.29) is 16.7 Å². The molecule has 4 nitrogen and oxygen atoms in total. The maximum Gasteiger partial charge on any atom is 0.495 e. The Bertz CT molecular complexity index is 1120. The molecule has 1 saturated carbocycles. The summed E-state index contributed by atoms with van der Waals surface area (Å²) < 4.78 is 41.5. The van der Waals surface area contributed by atoms with Gasteiger partial charge in [-0.05, 0) is 112 Å². The fourth-order valence-electron chi connectivity index (χ4n) is 4.91. The van der Waals surface area contributed by atoms with Crippen LogP contribution in [0.1, 0.15) is 74.0 Å². The van der Waals surface area contributed by atoms with Crippen molar-refractivity contribution < 1.29 is 22.9 Å². The van der Waals surface area contributed by atoms with E-state index in [1.165, 1.54) is 18.2 Å². The minimum atomic E-state index is -0.766. The van der Waals surface area contributed by atoms with Gasteiger partial charge in [-0.2, -0.15) is 0 Å². The summed E-state index contributed by atoms with van der Waals surface area (Å²) in [5.41, 5.74) is 2.47. The van der Waals surface area contributed by atoms with E-state index in [1.807, 2.05) is 27.7 Å². The number of carbonyl (C=O) groups excluding carboxylic acids is 1. The number of hydrogen-bond donors (Lipinski definition) is 1. The second kappa shape index (κ2) is 6.88. The van der Waals surface area contributed by atoms with Gasteiger partial charge in [0, 0.05) is 5.69 Å². The Hall–Kier alpha value is -2.25. The number of carbonyl (C=O) groups is 1. The lowest BCUT2D eigenvalue weighted by molar-refractivity contribution is 0.00578. The van der Waals surface area contributed by atoms with Gasteiger partial charge in [-0.15, -0.1) is 0 Å². The third-order valence-electron chi connectivity index (χ3n) is 7.90. The number of fused-ring (bicyclic) bond motifs is 2. The molecule has 168 valence electrons. The van der Waals surface area contributed by atoms with Gasteiger partial charge in [0.1, 0.15) is 11.6 Å². The minimum absolute atomic E-state index is 0.0118. The number of nitrogens with one attached hydrogen (secondary N) is 1. The number of hydrogen-bond acceptors (Lipinski definition) is 3. The van der Waals surface area contributed by atoms with E-state index in [4.69, 9.17) is 9.31 Å². The van der Waals surface area contributed by atoms with Gasteiger partial charge in [-0.25, -0.2) is 8.78 Å². The smallest absolute Gasteiger partial charge is 0.399 e. The molecule has 1 amide bonds. The van der Waals surface area contributed by atoms with Crippen LogP contribution >= 0.6 is 0 Å². The summed E-state index contributed by atoms with van der Waals surface area (Å²) in [7, 11) is -0.766. The Morgan fingerprint density at radius 1 is 1.00 bits per heavy atom. The van der Waals surface area contributed by atoms with Gasteiger partial charge in [0.15, 0.2) is 0 Å². The van der Waals surface area contributed by atoms with E-state index >= 15 is 0 Å². The molecular formula is C25H28BF2NO3. The molecule has 1 aliphatic heterocycles. The predicted octanol–water partition coefficient (Wildman–Crippen LogP) is 4.80. The Morgan fingerprint density at radius 3 is 2.28 bits per heavy atom. The van der Waals surface area contributed by atoms with Crippen molar-refractivity contribution >= 4 is 24.2 Å². The monoisotopic (exact) mass is 439 g/mol. The zero-order chi connectivity index (χ0) is 23.1. The summed E-state index contributed by atoms with van der Waals surface area (Å²) in [6.45, 7) is 9.46. The van der Waals surface area contributed by atoms with Crippen LogP contribution in [0.4, 0.5) is 14.5 Å². The molecule has 1 N–H and O–H groups in total. The second-order valence-corrected chi connectivity index (χ2v) is 10.5. The van der Waals surface area contributed by atoms with Gasteiger partial charge in [0.25, 0.3) is 5.91 Å². The van der Waals surface area contributed by atoms with Crippen LogP contribution in [0, 0.1) is 18.6 Å². The molecule has 2 aromatic rings. The SMILES string of the molecule is Cc1c(NC(=O)c2cc3c(cc2F)C2(CC3)CC2)cc(F)cc1B1OC(C)(C)C(C)(C)O1. The standard InChI is InChI=1S/C25H28BF2NO3/c1-14-19(26-31-23(2,3)24(4,5)32-26)11-16(27)12-21(14)29-22(30)17-10-15-6-7-25(8-9-25)18(15)13-20(17)28/h10-13H,6-9H2,1-5H3,(H,29,30). The molecule has 1 spiro atoms. The number of aryl methyl sites for hydroxylation is 1. The number of anilines is 1. The van der Waals surface area contributed by atoms with Crippen LogP contribution in [-0.2, 0) is 21.1 Å². The summed E-state index contributed by atoms with van der Waals surface area (Å²) in [6, 6.07) is 5.79. The van der Waals surface area contributed by atoms with E-state index < -0.39 is 35.9 Å². The van der Waals surface area contributed by atoms with Crippen molar-refractivity contribution in [2.45, 2.75) is 76.9 Å². The lowest BCUT2D eigenvalue weighted by Crippen LogP contribution is -2.41. The third kappa shape index (κ3) is 3.29. The number of rotatable bonds is 3. The van der Waals surface area contributed by atoms with Crippen LogP contribution in [0.2, 0.25) is 0 Å². The van der Waals surface area contributed by atoms with Gasteiger partial charge in [0.05, 0.1) is 16.8 Å². The molecule has 0 unspecified atom stereocenters. The molecule has 0 radical (unpaired) electrons. The average Bonchev–Trinajstić information content (AvgIpc) is 3.35. The number of amides is 1. The summed E-state index contributed by atoms with van der Waals surface area (Å²) >= 11 is 0. The Balaban J connectivity index is 1.44. The van der Waals surface area contributed by atoms with Crippen LogP contribution in [0.3, 0.4) is 0 Å². The largest absolute Gasteiger partial charge is 0.495 e. The minimum Gasteiger partial charge on any atom is -0.399 e. The molecule has 0 atom stereocenters. The van der Waals surface area contributed by atoms with Crippen molar-refractivity contribution in [1.82, 2.24) is 0 Å². The van der Waals surface area contributed by atoms with Crippen LogP contribution in [0.25, 0.3) is 0 Å². The maximum atomic E-state index is 14.9. The highest BCUT2D eigenvalue weighted by Crippen LogP contribution is 2.57. The van der Waals surface area contributed by atoms with Gasteiger partial charge >= 0.3 is 7.12 Å². The quantitative estimate of drug-likeness (QED) is 0.699. The predicted molar refractivity (Wildman–Crippen MR) is 120 cm³/mol. The fraction of sp³-hybridized carbons (Fsp3) is 0.480. The molecule has 0 bridgehead atoms. The molecule has 3 aliphatic rings. The molecule has 1 heterocycles. The molecule has 1 saturated heterocycles. The van der Waals surface area contributed by atoms with Crippen LogP contribution in [-0.4, -0.2) is 24.2 Å². The van der Waals surface area contributed by atoms with Crippen molar-refractivity contribution in [3.8, 4) is 0 Å². The van der Waals surface area contributed by atoms with Crippen molar-refractivity contribution in [3.05, 3.63) is 58.2 Å². The lowest BCUT2D eigenvalue weighted by Gasteiger charge is -2.32. The third-order valence-corrected chi connectivity index (χ3v) is 7.90. The number of benzene rings is 2. The van der Waals surface area contributed by atoms with Crippen molar-refractivity contribution in [3.63, 3.8) is 0 Å². The molecule has 0 aromatic heterocycles. The molecular weight excluding hydrogens is 411 g/mol. The van der Waals surface area contributed by atoms with E-state index in [1.54, 1.807) is 13.0 Å². The summed E-state index contributed by atoms with van der Waals surface area (Å²) in [4.78, 5) is 13.0. The van der Waals surface area contributed by atoms with E-state index in [0.717, 1.165) is 36.8 Å². The summed E-state index contributed by atoms with van der Waals surface area (Å²) in [5, 5.41) is 2.71. The summed E-state index contributed by atoms with van der Waals surface area (Å²) in [6.07, 6.45) is 4.07. The molecule has 7 heteroatoms. The lowest BCUT2D eigenvalue weighted by atomic mass is 9.75. The molecule has 2 aliphatic carbocycles. The first-order valence-electron chi connectivity index (χ1n) is 11.2. The molecule has 2 fully saturated rings. The van der Waals surface area contributed by atoms with E-state index in [0.29, 0.717) is 11.0 Å². The zero-order valence-corrected chi connectivity index (χ0v) is 19.2. The van der Waals surface area contributed by atoms with Gasteiger partial charge < -0.3 is 14.6 Å². The first-order chi connectivity index (χ1) is 14.9. The highest BCUT2D eigenvalue weighted by Gasteiger charge is 2.52. The van der Waals surface area contributed by atoms with Crippen LogP contribution in [0.5, 0.6) is 0 Å². The normalized spacial score (nSPS) is 21.7. The fourth-order valence-corrected chi connectivity index (χ4v) is 4.91. The van der Waals surface area contributed by atoms with E-state index in [2.05, 4.69) is 5.32 Å².